The first kappa shape index (κ1) is 14.8. The molecule has 2 rings (SSSR count). The Morgan fingerprint density at radius 2 is 1.86 bits per heavy atom. The summed E-state index contributed by atoms with van der Waals surface area (Å²) in [5.41, 5.74) is 5.42. The lowest BCUT2D eigenvalue weighted by Crippen LogP contribution is -2.13. The van der Waals surface area contributed by atoms with Crippen molar-refractivity contribution in [2.24, 2.45) is 0 Å². The summed E-state index contributed by atoms with van der Waals surface area (Å²) in [5.74, 6) is -2.43. The number of aromatic carboxylic acids is 1. The van der Waals surface area contributed by atoms with Gasteiger partial charge in [0.1, 0.15) is 17.2 Å². The number of nitrogens with two attached hydrogens (primary N) is 1. The first-order chi connectivity index (χ1) is 10.0. The van der Waals surface area contributed by atoms with Gasteiger partial charge in [0.25, 0.3) is 0 Å². The molecular weight excluding hydrogens is 278 g/mol. The zero-order valence-electron chi connectivity index (χ0n) is 11.1. The predicted octanol–water partition coefficient (Wildman–Crippen LogP) is 2.90. The van der Waals surface area contributed by atoms with Crippen molar-refractivity contribution in [3.63, 3.8) is 0 Å². The molecule has 4 nitrogen and oxygen atoms in total. The maximum Gasteiger partial charge on any atom is 0.340 e. The Bertz CT molecular complexity index is 675. The highest BCUT2D eigenvalue weighted by molar-refractivity contribution is 6.00. The lowest BCUT2D eigenvalue weighted by molar-refractivity contribution is 0.0698. The molecule has 0 saturated heterocycles. The number of nitrogens with one attached hydrogen (secondary N) is 1. The number of hydrogen-bond acceptors (Lipinski definition) is 3. The topological polar surface area (TPSA) is 75.3 Å². The van der Waals surface area contributed by atoms with E-state index in [2.05, 4.69) is 5.32 Å². The SMILES string of the molecule is Nc1c(F)ccc(NCCc2ccccc2F)c1C(=O)O. The van der Waals surface area contributed by atoms with Gasteiger partial charge in [-0.2, -0.15) is 0 Å². The second-order valence-electron chi connectivity index (χ2n) is 4.46. The summed E-state index contributed by atoms with van der Waals surface area (Å²) in [5, 5.41) is 11.9. The second kappa shape index (κ2) is 6.21. The van der Waals surface area contributed by atoms with Gasteiger partial charge >= 0.3 is 5.97 Å². The molecule has 0 unspecified atom stereocenters. The van der Waals surface area contributed by atoms with Gasteiger partial charge in [-0.1, -0.05) is 18.2 Å². The fraction of sp³-hybridized carbons (Fsp3) is 0.133. The van der Waals surface area contributed by atoms with Crippen LogP contribution < -0.4 is 11.1 Å². The predicted molar refractivity (Wildman–Crippen MR) is 76.4 cm³/mol. The Labute approximate surface area is 120 Å². The van der Waals surface area contributed by atoms with Crippen molar-refractivity contribution in [3.05, 3.63) is 59.2 Å². The Morgan fingerprint density at radius 1 is 1.14 bits per heavy atom. The average Bonchev–Trinajstić information content (AvgIpc) is 2.44. The maximum absolute atomic E-state index is 13.4. The Balaban J connectivity index is 2.12. The van der Waals surface area contributed by atoms with Crippen molar-refractivity contribution >= 4 is 17.3 Å². The molecule has 6 heteroatoms. The molecule has 0 bridgehead atoms. The molecule has 0 aliphatic heterocycles. The van der Waals surface area contributed by atoms with Gasteiger partial charge in [0.05, 0.1) is 11.4 Å². The zero-order valence-corrected chi connectivity index (χ0v) is 11.1. The van der Waals surface area contributed by atoms with E-state index in [1.807, 2.05) is 0 Å². The summed E-state index contributed by atoms with van der Waals surface area (Å²) >= 11 is 0. The third-order valence-corrected chi connectivity index (χ3v) is 3.07. The highest BCUT2D eigenvalue weighted by Crippen LogP contribution is 2.25. The second-order valence-corrected chi connectivity index (χ2v) is 4.46. The van der Waals surface area contributed by atoms with Crippen LogP contribution >= 0.6 is 0 Å². The van der Waals surface area contributed by atoms with Crippen LogP contribution in [-0.4, -0.2) is 17.6 Å². The molecule has 0 heterocycles. The minimum Gasteiger partial charge on any atom is -0.478 e. The summed E-state index contributed by atoms with van der Waals surface area (Å²) in [6.45, 7) is 0.298. The van der Waals surface area contributed by atoms with Gasteiger partial charge in [-0.05, 0) is 30.2 Å². The number of nitrogen functional groups attached to an aromatic ring is 1. The molecule has 4 N–H and O–H groups in total. The molecule has 0 aliphatic rings. The molecule has 21 heavy (non-hydrogen) atoms. The summed E-state index contributed by atoms with van der Waals surface area (Å²) in [4.78, 5) is 11.1. The Hall–Kier alpha value is -2.63. The molecule has 2 aromatic carbocycles. The molecule has 0 atom stereocenters. The standard InChI is InChI=1S/C15H14F2N2O2/c16-10-4-2-1-3-9(10)7-8-19-12-6-5-11(17)14(18)13(12)15(20)21/h1-6,19H,7-8,18H2,(H,20,21). The van der Waals surface area contributed by atoms with Crippen LogP contribution in [0.15, 0.2) is 36.4 Å². The van der Waals surface area contributed by atoms with Crippen molar-refractivity contribution in [1.82, 2.24) is 0 Å². The highest BCUT2D eigenvalue weighted by atomic mass is 19.1. The largest absolute Gasteiger partial charge is 0.478 e. The van der Waals surface area contributed by atoms with Crippen molar-refractivity contribution < 1.29 is 18.7 Å². The summed E-state index contributed by atoms with van der Waals surface area (Å²) < 4.78 is 26.7. The number of benzene rings is 2. The normalized spacial score (nSPS) is 10.4. The van der Waals surface area contributed by atoms with E-state index in [1.165, 1.54) is 12.1 Å². The van der Waals surface area contributed by atoms with E-state index in [9.17, 15) is 13.6 Å². The summed E-state index contributed by atoms with van der Waals surface area (Å²) in [7, 11) is 0. The van der Waals surface area contributed by atoms with Gasteiger partial charge in [0.2, 0.25) is 0 Å². The monoisotopic (exact) mass is 292 g/mol. The number of halogens is 2. The highest BCUT2D eigenvalue weighted by Gasteiger charge is 2.17. The molecule has 0 radical (unpaired) electrons. The summed E-state index contributed by atoms with van der Waals surface area (Å²) in [6.07, 6.45) is 0.364. The molecule has 0 fully saturated rings. The average molecular weight is 292 g/mol. The number of hydrogen-bond donors (Lipinski definition) is 3. The lowest BCUT2D eigenvalue weighted by atomic mass is 10.1. The smallest absolute Gasteiger partial charge is 0.340 e. The van der Waals surface area contributed by atoms with Crippen LogP contribution in [0.1, 0.15) is 15.9 Å². The number of anilines is 2. The van der Waals surface area contributed by atoms with Gasteiger partial charge in [-0.3, -0.25) is 0 Å². The number of carbonyl (C=O) groups is 1. The fourth-order valence-corrected chi connectivity index (χ4v) is 2.00. The van der Waals surface area contributed by atoms with Gasteiger partial charge in [0.15, 0.2) is 0 Å². The van der Waals surface area contributed by atoms with Crippen LogP contribution in [0.4, 0.5) is 20.2 Å². The van der Waals surface area contributed by atoms with E-state index in [0.29, 0.717) is 18.5 Å². The molecule has 2 aromatic rings. The van der Waals surface area contributed by atoms with Gasteiger partial charge < -0.3 is 16.2 Å². The van der Waals surface area contributed by atoms with Crippen LogP contribution in [0.25, 0.3) is 0 Å². The fourth-order valence-electron chi connectivity index (χ4n) is 2.00. The van der Waals surface area contributed by atoms with Crippen molar-refractivity contribution in [1.29, 1.82) is 0 Å². The molecule has 0 amide bonds. The van der Waals surface area contributed by atoms with E-state index in [1.54, 1.807) is 18.2 Å². The summed E-state index contributed by atoms with van der Waals surface area (Å²) in [6, 6.07) is 8.71. The van der Waals surface area contributed by atoms with Crippen LogP contribution in [0.5, 0.6) is 0 Å². The van der Waals surface area contributed by atoms with Gasteiger partial charge in [-0.25, -0.2) is 13.6 Å². The molecule has 0 aromatic heterocycles. The first-order valence-electron chi connectivity index (χ1n) is 6.29. The minimum absolute atomic E-state index is 0.206. The van der Waals surface area contributed by atoms with E-state index in [0.717, 1.165) is 6.07 Å². The first-order valence-corrected chi connectivity index (χ1v) is 6.29. The molecular formula is C15H14F2N2O2. The van der Waals surface area contributed by atoms with E-state index >= 15 is 0 Å². The van der Waals surface area contributed by atoms with Gasteiger partial charge in [0, 0.05) is 6.54 Å². The third-order valence-electron chi connectivity index (χ3n) is 3.07. The van der Waals surface area contributed by atoms with Crippen LogP contribution in [0.3, 0.4) is 0 Å². The van der Waals surface area contributed by atoms with Crippen LogP contribution in [-0.2, 0) is 6.42 Å². The van der Waals surface area contributed by atoms with E-state index < -0.39 is 17.5 Å². The maximum atomic E-state index is 13.4. The number of carboxylic acids is 1. The molecule has 110 valence electrons. The number of rotatable bonds is 5. The third kappa shape index (κ3) is 3.28. The molecule has 0 saturated carbocycles. The van der Waals surface area contributed by atoms with E-state index in [-0.39, 0.29) is 17.1 Å². The quantitative estimate of drug-likeness (QED) is 0.741. The molecule has 0 spiro atoms. The Morgan fingerprint density at radius 3 is 2.52 bits per heavy atom. The van der Waals surface area contributed by atoms with Crippen molar-refractivity contribution in [2.75, 3.05) is 17.6 Å². The van der Waals surface area contributed by atoms with Crippen molar-refractivity contribution in [2.45, 2.75) is 6.42 Å². The van der Waals surface area contributed by atoms with Crippen molar-refractivity contribution in [3.8, 4) is 0 Å². The Kier molecular flexibility index (Phi) is 4.37. The molecule has 0 aliphatic carbocycles. The van der Waals surface area contributed by atoms with Gasteiger partial charge in [-0.15, -0.1) is 0 Å². The van der Waals surface area contributed by atoms with Crippen LogP contribution in [0, 0.1) is 11.6 Å². The number of carboxylic acid groups (broad SMARTS) is 1. The van der Waals surface area contributed by atoms with E-state index in [4.69, 9.17) is 10.8 Å². The minimum atomic E-state index is -1.32. The zero-order chi connectivity index (χ0) is 15.4. The van der Waals surface area contributed by atoms with Crippen LogP contribution in [0.2, 0.25) is 0 Å². The lowest BCUT2D eigenvalue weighted by Gasteiger charge is -2.12.